The first-order valence-corrected chi connectivity index (χ1v) is 10.1. The van der Waals surface area contributed by atoms with E-state index in [-0.39, 0.29) is 30.9 Å². The van der Waals surface area contributed by atoms with Crippen LogP contribution in [0.3, 0.4) is 0 Å². The van der Waals surface area contributed by atoms with Gasteiger partial charge in [0.15, 0.2) is 12.4 Å². The second-order valence-electron chi connectivity index (χ2n) is 6.23. The molecule has 0 aromatic heterocycles. The van der Waals surface area contributed by atoms with Crippen molar-refractivity contribution in [2.24, 2.45) is 0 Å². The summed E-state index contributed by atoms with van der Waals surface area (Å²) < 4.78 is 30.5. The fourth-order valence-electron chi connectivity index (χ4n) is 2.80. The highest BCUT2D eigenvalue weighted by molar-refractivity contribution is 7.88. The van der Waals surface area contributed by atoms with Crippen LogP contribution >= 0.6 is 0 Å². The maximum atomic E-state index is 12.5. The lowest BCUT2D eigenvalue weighted by Gasteiger charge is -2.35. The van der Waals surface area contributed by atoms with Crippen LogP contribution in [-0.2, 0) is 14.8 Å². The number of nitrogens with zero attached hydrogens (tertiary/aromatic N) is 1. The number of piperidine rings is 1. The smallest absolute Gasteiger partial charge is 0.260 e. The number of Topliss-reactive ketones (excluding diaryl/α,β-unsaturated/α-hetero) is 1. The molecular formula is C17H24N2O5S. The Morgan fingerprint density at radius 1 is 1.24 bits per heavy atom. The summed E-state index contributed by atoms with van der Waals surface area (Å²) in [6.07, 6.45) is 3.74. The molecule has 7 nitrogen and oxygen atoms in total. The zero-order valence-corrected chi connectivity index (χ0v) is 15.3. The molecule has 1 saturated heterocycles. The Kier molecular flexibility index (Phi) is 6.55. The van der Waals surface area contributed by atoms with Gasteiger partial charge in [0, 0.05) is 24.7 Å². The Bertz CT molecular complexity index is 715. The van der Waals surface area contributed by atoms with Gasteiger partial charge in [-0.05, 0) is 50.5 Å². The molecule has 0 aliphatic carbocycles. The van der Waals surface area contributed by atoms with Gasteiger partial charge >= 0.3 is 0 Å². The summed E-state index contributed by atoms with van der Waals surface area (Å²) in [5, 5.41) is 0. The molecule has 1 amide bonds. The average molecular weight is 368 g/mol. The second kappa shape index (κ2) is 8.44. The van der Waals surface area contributed by atoms with Gasteiger partial charge in [-0.2, -0.15) is 0 Å². The van der Waals surface area contributed by atoms with Gasteiger partial charge in [-0.25, -0.2) is 13.1 Å². The monoisotopic (exact) mass is 368 g/mol. The van der Waals surface area contributed by atoms with Crippen LogP contribution in [-0.4, -0.2) is 57.0 Å². The molecule has 25 heavy (non-hydrogen) atoms. The average Bonchev–Trinajstić information content (AvgIpc) is 2.58. The van der Waals surface area contributed by atoms with Crippen LogP contribution in [0.2, 0.25) is 0 Å². The van der Waals surface area contributed by atoms with Crippen molar-refractivity contribution in [1.82, 2.24) is 9.62 Å². The highest BCUT2D eigenvalue weighted by atomic mass is 32.2. The first-order chi connectivity index (χ1) is 11.8. The normalized spacial score (nSPS) is 18.0. The van der Waals surface area contributed by atoms with Crippen LogP contribution in [0.5, 0.6) is 5.75 Å². The molecule has 0 saturated carbocycles. The summed E-state index contributed by atoms with van der Waals surface area (Å²) in [4.78, 5) is 25.4. The van der Waals surface area contributed by atoms with E-state index >= 15 is 0 Å². The number of ether oxygens (including phenoxy) is 1. The molecule has 1 N–H and O–H groups in total. The Labute approximate surface area is 148 Å². The van der Waals surface area contributed by atoms with Crippen molar-refractivity contribution in [2.75, 3.05) is 26.0 Å². The van der Waals surface area contributed by atoms with E-state index in [2.05, 4.69) is 4.72 Å². The molecule has 0 bridgehead atoms. The van der Waals surface area contributed by atoms with Crippen LogP contribution in [0.15, 0.2) is 24.3 Å². The molecule has 2 rings (SSSR count). The van der Waals surface area contributed by atoms with Gasteiger partial charge in [0.2, 0.25) is 10.0 Å². The van der Waals surface area contributed by atoms with Gasteiger partial charge in [-0.3, -0.25) is 9.59 Å². The number of sulfonamides is 1. The molecule has 1 unspecified atom stereocenters. The maximum Gasteiger partial charge on any atom is 0.260 e. The van der Waals surface area contributed by atoms with Crippen molar-refractivity contribution in [3.63, 3.8) is 0 Å². The van der Waals surface area contributed by atoms with Crippen molar-refractivity contribution in [3.05, 3.63) is 29.8 Å². The number of amides is 1. The zero-order chi connectivity index (χ0) is 18.4. The van der Waals surface area contributed by atoms with E-state index in [0.29, 0.717) is 17.9 Å². The Morgan fingerprint density at radius 2 is 1.92 bits per heavy atom. The number of hydrogen-bond donors (Lipinski definition) is 1. The third-order valence-corrected chi connectivity index (χ3v) is 4.84. The molecule has 0 radical (unpaired) electrons. The first-order valence-electron chi connectivity index (χ1n) is 8.24. The van der Waals surface area contributed by atoms with Crippen molar-refractivity contribution in [3.8, 4) is 5.75 Å². The lowest BCUT2D eigenvalue weighted by Crippen LogP contribution is -2.50. The van der Waals surface area contributed by atoms with E-state index in [1.54, 1.807) is 29.2 Å². The van der Waals surface area contributed by atoms with Gasteiger partial charge in [-0.1, -0.05) is 0 Å². The van der Waals surface area contributed by atoms with Crippen LogP contribution in [0, 0.1) is 0 Å². The molecule has 138 valence electrons. The predicted octanol–water partition coefficient (Wildman–Crippen LogP) is 1.20. The Balaban J connectivity index is 1.91. The molecule has 1 fully saturated rings. The number of benzene rings is 1. The van der Waals surface area contributed by atoms with Crippen molar-refractivity contribution < 1.29 is 22.7 Å². The third-order valence-electron chi connectivity index (χ3n) is 4.15. The van der Waals surface area contributed by atoms with Gasteiger partial charge in [0.05, 0.1) is 6.26 Å². The summed E-state index contributed by atoms with van der Waals surface area (Å²) >= 11 is 0. The van der Waals surface area contributed by atoms with Gasteiger partial charge in [-0.15, -0.1) is 0 Å². The molecule has 1 aliphatic rings. The molecule has 1 atom stereocenters. The molecule has 1 aromatic carbocycles. The van der Waals surface area contributed by atoms with Crippen LogP contribution in [0.1, 0.15) is 36.5 Å². The van der Waals surface area contributed by atoms with Crippen molar-refractivity contribution in [1.29, 1.82) is 0 Å². The SMILES string of the molecule is CC(=O)c1ccc(OCC(=O)N2CCCCC2CNS(C)(=O)=O)cc1. The van der Waals surface area contributed by atoms with E-state index in [4.69, 9.17) is 4.74 Å². The van der Waals surface area contributed by atoms with E-state index in [9.17, 15) is 18.0 Å². The molecule has 1 heterocycles. The van der Waals surface area contributed by atoms with E-state index in [1.807, 2.05) is 0 Å². The highest BCUT2D eigenvalue weighted by Gasteiger charge is 2.27. The minimum Gasteiger partial charge on any atom is -0.484 e. The first kappa shape index (κ1) is 19.4. The van der Waals surface area contributed by atoms with Crippen LogP contribution < -0.4 is 9.46 Å². The van der Waals surface area contributed by atoms with Crippen molar-refractivity contribution in [2.45, 2.75) is 32.2 Å². The lowest BCUT2D eigenvalue weighted by atomic mass is 10.0. The number of carbonyl (C=O) groups excluding carboxylic acids is 2. The van der Waals surface area contributed by atoms with E-state index in [0.717, 1.165) is 25.5 Å². The fraction of sp³-hybridized carbons (Fsp3) is 0.529. The summed E-state index contributed by atoms with van der Waals surface area (Å²) in [5.74, 6) is 0.314. The molecule has 0 spiro atoms. The lowest BCUT2D eigenvalue weighted by molar-refractivity contribution is -0.136. The standard InChI is InChI=1S/C17H24N2O5S/c1-13(20)14-6-8-16(9-7-14)24-12-17(21)19-10-4-3-5-15(19)11-18-25(2,22)23/h6-9,15,18H,3-5,10-12H2,1-2H3. The number of rotatable bonds is 7. The van der Waals surface area contributed by atoms with Gasteiger partial charge in [0.1, 0.15) is 5.75 Å². The van der Waals surface area contributed by atoms with Gasteiger partial charge < -0.3 is 9.64 Å². The van der Waals surface area contributed by atoms with Crippen LogP contribution in [0.25, 0.3) is 0 Å². The molecule has 1 aliphatic heterocycles. The Hall–Kier alpha value is -1.93. The molecular weight excluding hydrogens is 344 g/mol. The topological polar surface area (TPSA) is 92.8 Å². The zero-order valence-electron chi connectivity index (χ0n) is 14.5. The number of hydrogen-bond acceptors (Lipinski definition) is 5. The van der Waals surface area contributed by atoms with Crippen LogP contribution in [0.4, 0.5) is 0 Å². The number of ketones is 1. The third kappa shape index (κ3) is 6.13. The van der Waals surface area contributed by atoms with Crippen molar-refractivity contribution >= 4 is 21.7 Å². The predicted molar refractivity (Wildman–Crippen MR) is 94.1 cm³/mol. The quantitative estimate of drug-likeness (QED) is 0.730. The largest absolute Gasteiger partial charge is 0.484 e. The fourth-order valence-corrected chi connectivity index (χ4v) is 3.30. The number of likely N-dealkylation sites (tertiary alicyclic amines) is 1. The minimum absolute atomic E-state index is 0.0304. The summed E-state index contributed by atoms with van der Waals surface area (Å²) in [5.41, 5.74) is 0.585. The highest BCUT2D eigenvalue weighted by Crippen LogP contribution is 2.18. The summed E-state index contributed by atoms with van der Waals surface area (Å²) in [7, 11) is -3.29. The molecule has 8 heteroatoms. The van der Waals surface area contributed by atoms with E-state index < -0.39 is 10.0 Å². The van der Waals surface area contributed by atoms with E-state index in [1.165, 1.54) is 6.92 Å². The number of nitrogens with one attached hydrogen (secondary N) is 1. The second-order valence-corrected chi connectivity index (χ2v) is 8.06. The summed E-state index contributed by atoms with van der Waals surface area (Å²) in [6.45, 7) is 2.19. The minimum atomic E-state index is -3.29. The summed E-state index contributed by atoms with van der Waals surface area (Å²) in [6, 6.07) is 6.47. The molecule has 1 aromatic rings. The number of carbonyl (C=O) groups is 2. The Morgan fingerprint density at radius 3 is 2.52 bits per heavy atom. The van der Waals surface area contributed by atoms with Gasteiger partial charge in [0.25, 0.3) is 5.91 Å². The maximum absolute atomic E-state index is 12.5.